The molecule has 1 amide bonds. The fourth-order valence-electron chi connectivity index (χ4n) is 2.76. The second-order valence-corrected chi connectivity index (χ2v) is 6.57. The number of likely N-dealkylation sites (tertiary alicyclic amines) is 1. The van der Waals surface area contributed by atoms with Crippen LogP contribution in [0, 0.1) is 5.92 Å². The van der Waals surface area contributed by atoms with Gasteiger partial charge >= 0.3 is 0 Å². The molecule has 92 valence electrons. The van der Waals surface area contributed by atoms with Gasteiger partial charge in [-0.1, -0.05) is 0 Å². The number of hydrogen-bond acceptors (Lipinski definition) is 3. The van der Waals surface area contributed by atoms with Crippen LogP contribution in [-0.4, -0.2) is 29.9 Å². The minimum Gasteiger partial charge on any atom is -0.336 e. The van der Waals surface area contributed by atoms with E-state index in [2.05, 4.69) is 26.6 Å². The summed E-state index contributed by atoms with van der Waals surface area (Å²) in [5.74, 6) is 0.560. The molecule has 0 bridgehead atoms. The van der Waals surface area contributed by atoms with Gasteiger partial charge in [-0.05, 0) is 46.8 Å². The van der Waals surface area contributed by atoms with Gasteiger partial charge < -0.3 is 10.2 Å². The number of hydrogen-bond donors (Lipinski definition) is 1. The smallest absolute Gasteiger partial charge is 0.227 e. The van der Waals surface area contributed by atoms with E-state index in [1.165, 1.54) is 4.88 Å². The molecule has 0 saturated carbocycles. The molecule has 3 rings (SSSR count). The Morgan fingerprint density at radius 3 is 3.18 bits per heavy atom. The zero-order valence-electron chi connectivity index (χ0n) is 9.49. The highest BCUT2D eigenvalue weighted by atomic mass is 79.9. The van der Waals surface area contributed by atoms with Crippen LogP contribution >= 0.6 is 27.3 Å². The highest BCUT2D eigenvalue weighted by Gasteiger charge is 2.41. The number of rotatable bonds is 2. The normalized spacial score (nSPS) is 28.5. The SMILES string of the molecule is O=C1C2CCCNC2CN1Cc1sccc1Br. The molecule has 3 heterocycles. The third kappa shape index (κ3) is 2.16. The fraction of sp³-hybridized carbons (Fsp3) is 0.583. The molecule has 0 spiro atoms. The van der Waals surface area contributed by atoms with Gasteiger partial charge in [0.1, 0.15) is 0 Å². The van der Waals surface area contributed by atoms with Crippen molar-refractivity contribution in [2.45, 2.75) is 25.4 Å². The van der Waals surface area contributed by atoms with Gasteiger partial charge in [-0.2, -0.15) is 0 Å². The summed E-state index contributed by atoms with van der Waals surface area (Å²) >= 11 is 5.24. The quantitative estimate of drug-likeness (QED) is 0.908. The molecule has 3 nitrogen and oxygen atoms in total. The van der Waals surface area contributed by atoms with Crippen LogP contribution in [0.25, 0.3) is 0 Å². The lowest BCUT2D eigenvalue weighted by atomic mass is 9.94. The summed E-state index contributed by atoms with van der Waals surface area (Å²) in [6.45, 7) is 2.69. The summed E-state index contributed by atoms with van der Waals surface area (Å²) in [6, 6.07) is 2.43. The van der Waals surface area contributed by atoms with Gasteiger partial charge in [-0.15, -0.1) is 11.3 Å². The molecule has 0 aromatic carbocycles. The molecule has 2 aliphatic heterocycles. The average molecular weight is 315 g/mol. The molecule has 2 fully saturated rings. The topological polar surface area (TPSA) is 32.3 Å². The molecule has 5 heteroatoms. The van der Waals surface area contributed by atoms with Gasteiger partial charge in [0.25, 0.3) is 0 Å². The number of carbonyl (C=O) groups excluding carboxylic acids is 1. The number of amides is 1. The Morgan fingerprint density at radius 1 is 1.59 bits per heavy atom. The molecule has 2 saturated heterocycles. The molecule has 0 radical (unpaired) electrons. The largest absolute Gasteiger partial charge is 0.336 e. The van der Waals surface area contributed by atoms with Crippen molar-refractivity contribution in [2.24, 2.45) is 5.92 Å². The Bertz CT molecular complexity index is 434. The van der Waals surface area contributed by atoms with Gasteiger partial charge in [0, 0.05) is 21.9 Å². The lowest BCUT2D eigenvalue weighted by molar-refractivity contribution is -0.131. The van der Waals surface area contributed by atoms with Crippen LogP contribution in [-0.2, 0) is 11.3 Å². The van der Waals surface area contributed by atoms with Crippen molar-refractivity contribution >= 4 is 33.2 Å². The zero-order chi connectivity index (χ0) is 11.8. The molecule has 17 heavy (non-hydrogen) atoms. The molecular formula is C12H15BrN2OS. The molecule has 1 aromatic heterocycles. The monoisotopic (exact) mass is 314 g/mol. The molecule has 1 aromatic rings. The zero-order valence-corrected chi connectivity index (χ0v) is 11.9. The number of nitrogens with zero attached hydrogens (tertiary/aromatic N) is 1. The third-order valence-corrected chi connectivity index (χ3v) is 5.57. The molecule has 1 N–H and O–H groups in total. The number of carbonyl (C=O) groups is 1. The minimum absolute atomic E-state index is 0.225. The molecule has 2 atom stereocenters. The minimum atomic E-state index is 0.225. The lowest BCUT2D eigenvalue weighted by Gasteiger charge is -2.23. The molecule has 0 aliphatic carbocycles. The number of thiophene rings is 1. The standard InChI is InChI=1S/C12H15BrN2OS/c13-9-3-5-17-11(9)7-15-6-10-8(12(15)16)2-1-4-14-10/h3,5,8,10,14H,1-2,4,6-7H2. The Balaban J connectivity index is 1.73. The predicted octanol–water partition coefficient (Wildman–Crippen LogP) is 2.22. The summed E-state index contributed by atoms with van der Waals surface area (Å²) in [7, 11) is 0. The van der Waals surface area contributed by atoms with Gasteiger partial charge in [0.15, 0.2) is 0 Å². The van der Waals surface area contributed by atoms with E-state index in [4.69, 9.17) is 0 Å². The van der Waals surface area contributed by atoms with E-state index in [1.54, 1.807) is 11.3 Å². The van der Waals surface area contributed by atoms with Crippen LogP contribution in [0.2, 0.25) is 0 Å². The predicted molar refractivity (Wildman–Crippen MR) is 72.0 cm³/mol. The maximum Gasteiger partial charge on any atom is 0.227 e. The van der Waals surface area contributed by atoms with Gasteiger partial charge in [0.2, 0.25) is 5.91 Å². The van der Waals surface area contributed by atoms with Crippen LogP contribution in [0.4, 0.5) is 0 Å². The first-order chi connectivity index (χ1) is 8.25. The van der Waals surface area contributed by atoms with Crippen molar-refractivity contribution in [1.82, 2.24) is 10.2 Å². The summed E-state index contributed by atoms with van der Waals surface area (Å²) in [5.41, 5.74) is 0. The first-order valence-corrected chi connectivity index (χ1v) is 7.67. The molecule has 2 unspecified atom stereocenters. The maximum atomic E-state index is 12.3. The lowest BCUT2D eigenvalue weighted by Crippen LogP contribution is -2.41. The number of piperidine rings is 1. The average Bonchev–Trinajstić information content (AvgIpc) is 2.87. The van der Waals surface area contributed by atoms with E-state index < -0.39 is 0 Å². The van der Waals surface area contributed by atoms with Crippen molar-refractivity contribution in [3.05, 3.63) is 20.8 Å². The molecular weight excluding hydrogens is 300 g/mol. The molecule has 2 aliphatic rings. The Hall–Kier alpha value is -0.390. The van der Waals surface area contributed by atoms with Crippen LogP contribution in [0.1, 0.15) is 17.7 Å². The van der Waals surface area contributed by atoms with Gasteiger partial charge in [-0.25, -0.2) is 0 Å². The number of fused-ring (bicyclic) bond motifs is 1. The fourth-order valence-corrected chi connectivity index (χ4v) is 4.25. The second-order valence-electron chi connectivity index (χ2n) is 4.72. The van der Waals surface area contributed by atoms with E-state index in [0.29, 0.717) is 11.9 Å². The van der Waals surface area contributed by atoms with E-state index in [9.17, 15) is 4.79 Å². The summed E-state index contributed by atoms with van der Waals surface area (Å²) < 4.78 is 1.12. The van der Waals surface area contributed by atoms with Crippen molar-refractivity contribution < 1.29 is 4.79 Å². The van der Waals surface area contributed by atoms with Crippen LogP contribution in [0.15, 0.2) is 15.9 Å². The van der Waals surface area contributed by atoms with Crippen molar-refractivity contribution in [2.75, 3.05) is 13.1 Å². The van der Waals surface area contributed by atoms with E-state index in [0.717, 1.165) is 36.9 Å². The highest BCUT2D eigenvalue weighted by molar-refractivity contribution is 9.10. The Labute approximate surface area is 113 Å². The second kappa shape index (κ2) is 4.71. The van der Waals surface area contributed by atoms with Crippen LogP contribution in [0.5, 0.6) is 0 Å². The third-order valence-electron chi connectivity index (χ3n) is 3.66. The van der Waals surface area contributed by atoms with Crippen molar-refractivity contribution in [3.8, 4) is 0 Å². The van der Waals surface area contributed by atoms with Gasteiger partial charge in [-0.3, -0.25) is 4.79 Å². The summed E-state index contributed by atoms with van der Waals surface area (Å²) in [6.07, 6.45) is 2.18. The van der Waals surface area contributed by atoms with E-state index in [-0.39, 0.29) is 5.92 Å². The van der Waals surface area contributed by atoms with Crippen LogP contribution < -0.4 is 5.32 Å². The van der Waals surface area contributed by atoms with E-state index >= 15 is 0 Å². The summed E-state index contributed by atoms with van der Waals surface area (Å²) in [4.78, 5) is 15.5. The van der Waals surface area contributed by atoms with Gasteiger partial charge in [0.05, 0.1) is 12.5 Å². The van der Waals surface area contributed by atoms with E-state index in [1.807, 2.05) is 11.0 Å². The Kier molecular flexibility index (Phi) is 3.23. The van der Waals surface area contributed by atoms with Crippen molar-refractivity contribution in [3.63, 3.8) is 0 Å². The Morgan fingerprint density at radius 2 is 2.47 bits per heavy atom. The van der Waals surface area contributed by atoms with Crippen LogP contribution in [0.3, 0.4) is 0 Å². The highest BCUT2D eigenvalue weighted by Crippen LogP contribution is 2.30. The first-order valence-electron chi connectivity index (χ1n) is 6.00. The first kappa shape index (κ1) is 11.7. The number of nitrogens with one attached hydrogen (secondary N) is 1. The number of halogens is 1. The summed E-state index contributed by atoms with van der Waals surface area (Å²) in [5, 5.41) is 5.53. The van der Waals surface area contributed by atoms with Crippen molar-refractivity contribution in [1.29, 1.82) is 0 Å². The maximum absolute atomic E-state index is 12.3.